The zero-order valence-corrected chi connectivity index (χ0v) is 14.5. The lowest BCUT2D eigenvalue weighted by Crippen LogP contribution is -2.36. The minimum absolute atomic E-state index is 0.191. The smallest absolute Gasteiger partial charge is 0.274 e. The van der Waals surface area contributed by atoms with E-state index in [9.17, 15) is 9.59 Å². The molecule has 2 amide bonds. The molecule has 8 nitrogen and oxygen atoms in total. The van der Waals surface area contributed by atoms with Crippen molar-refractivity contribution in [1.82, 2.24) is 19.2 Å². The molecule has 1 saturated heterocycles. The van der Waals surface area contributed by atoms with Gasteiger partial charge in [-0.3, -0.25) is 9.59 Å². The third-order valence-electron chi connectivity index (χ3n) is 4.45. The molecule has 0 saturated carbocycles. The number of likely N-dealkylation sites (tertiary alicyclic amines) is 1. The van der Waals surface area contributed by atoms with Crippen molar-refractivity contribution < 1.29 is 14.4 Å². The van der Waals surface area contributed by atoms with E-state index in [1.54, 1.807) is 47.9 Å². The minimum atomic E-state index is -0.283. The zero-order chi connectivity index (χ0) is 17.7. The van der Waals surface area contributed by atoms with Crippen LogP contribution in [0.1, 0.15) is 10.5 Å². The van der Waals surface area contributed by atoms with E-state index >= 15 is 0 Å². The van der Waals surface area contributed by atoms with Crippen molar-refractivity contribution in [3.8, 4) is 0 Å². The van der Waals surface area contributed by atoms with Gasteiger partial charge < -0.3 is 19.0 Å². The third-order valence-corrected chi connectivity index (χ3v) is 4.67. The number of imidazole rings is 1. The molecule has 0 N–H and O–H groups in total. The first-order chi connectivity index (χ1) is 11.9. The number of carbonyl (C=O) groups excluding carboxylic acids is 2. The summed E-state index contributed by atoms with van der Waals surface area (Å²) in [7, 11) is 3.33. The number of aromatic nitrogens is 2. The van der Waals surface area contributed by atoms with E-state index in [0.717, 1.165) is 0 Å². The van der Waals surface area contributed by atoms with Crippen LogP contribution in [0.2, 0.25) is 5.02 Å². The van der Waals surface area contributed by atoms with Crippen LogP contribution >= 0.6 is 11.6 Å². The van der Waals surface area contributed by atoms with Gasteiger partial charge in [-0.05, 0) is 12.1 Å². The van der Waals surface area contributed by atoms with Gasteiger partial charge in [0.1, 0.15) is 11.3 Å². The summed E-state index contributed by atoms with van der Waals surface area (Å²) < 4.78 is 1.71. The number of oxime groups is 1. The van der Waals surface area contributed by atoms with Gasteiger partial charge in [-0.15, -0.1) is 0 Å². The highest BCUT2D eigenvalue weighted by atomic mass is 35.5. The number of hydrogen-bond acceptors (Lipinski definition) is 5. The van der Waals surface area contributed by atoms with Crippen LogP contribution in [0.15, 0.2) is 29.7 Å². The molecule has 0 radical (unpaired) electrons. The fourth-order valence-electron chi connectivity index (χ4n) is 3.16. The van der Waals surface area contributed by atoms with Crippen molar-refractivity contribution in [2.24, 2.45) is 11.1 Å². The summed E-state index contributed by atoms with van der Waals surface area (Å²) in [5.41, 5.74) is 1.35. The molecule has 25 heavy (non-hydrogen) atoms. The molecule has 2 atom stereocenters. The second-order valence-corrected chi connectivity index (χ2v) is 6.81. The average molecular weight is 362 g/mol. The highest BCUT2D eigenvalue weighted by Gasteiger charge is 2.47. The molecular weight excluding hydrogens is 346 g/mol. The predicted octanol–water partition coefficient (Wildman–Crippen LogP) is 0.903. The van der Waals surface area contributed by atoms with Crippen molar-refractivity contribution in [3.05, 3.63) is 35.2 Å². The average Bonchev–Trinajstić information content (AvgIpc) is 3.26. The molecular formula is C16H16ClN5O3. The topological polar surface area (TPSA) is 79.5 Å². The lowest BCUT2D eigenvalue weighted by atomic mass is 10.00. The van der Waals surface area contributed by atoms with Crippen molar-refractivity contribution in [1.29, 1.82) is 0 Å². The van der Waals surface area contributed by atoms with Crippen molar-refractivity contribution in [2.45, 2.75) is 6.10 Å². The summed E-state index contributed by atoms with van der Waals surface area (Å²) in [5.74, 6) is -0.594. The first-order valence-electron chi connectivity index (χ1n) is 7.83. The minimum Gasteiger partial charge on any atom is -0.389 e. The Labute approximate surface area is 148 Å². The number of rotatable bonds is 2. The normalized spacial score (nSPS) is 21.9. The fourth-order valence-corrected chi connectivity index (χ4v) is 3.33. The maximum absolute atomic E-state index is 12.8. The van der Waals surface area contributed by atoms with Gasteiger partial charge in [0.2, 0.25) is 0 Å². The molecule has 0 bridgehead atoms. The van der Waals surface area contributed by atoms with Crippen LogP contribution in [0.25, 0.3) is 5.65 Å². The number of hydrogen-bond donors (Lipinski definition) is 0. The Balaban J connectivity index is 1.54. The van der Waals surface area contributed by atoms with E-state index in [4.69, 9.17) is 16.4 Å². The van der Waals surface area contributed by atoms with Gasteiger partial charge in [0.05, 0.1) is 17.5 Å². The lowest BCUT2D eigenvalue weighted by molar-refractivity contribution is -0.122. The summed E-state index contributed by atoms with van der Waals surface area (Å²) in [5, 5.41) is 4.47. The molecule has 2 aliphatic rings. The van der Waals surface area contributed by atoms with Gasteiger partial charge in [0.15, 0.2) is 11.8 Å². The van der Waals surface area contributed by atoms with E-state index in [1.807, 2.05) is 0 Å². The van der Waals surface area contributed by atoms with Gasteiger partial charge in [-0.2, -0.15) is 0 Å². The first-order valence-corrected chi connectivity index (χ1v) is 8.20. The lowest BCUT2D eigenvalue weighted by Gasteiger charge is -2.16. The Morgan fingerprint density at radius 3 is 2.84 bits per heavy atom. The number of amides is 2. The first kappa shape index (κ1) is 15.9. The molecule has 2 aromatic rings. The molecule has 4 heterocycles. The second kappa shape index (κ2) is 5.73. The number of pyridine rings is 1. The molecule has 2 aromatic heterocycles. The van der Waals surface area contributed by atoms with Gasteiger partial charge in [-0.25, -0.2) is 4.98 Å². The van der Waals surface area contributed by atoms with Crippen LogP contribution in [0.3, 0.4) is 0 Å². The van der Waals surface area contributed by atoms with Crippen molar-refractivity contribution in [3.63, 3.8) is 0 Å². The zero-order valence-electron chi connectivity index (χ0n) is 13.7. The van der Waals surface area contributed by atoms with E-state index in [-0.39, 0.29) is 23.8 Å². The molecule has 9 heteroatoms. The molecule has 0 aromatic carbocycles. The number of fused-ring (bicyclic) bond motifs is 2. The molecule has 1 fully saturated rings. The van der Waals surface area contributed by atoms with Crippen LogP contribution in [0.5, 0.6) is 0 Å². The van der Waals surface area contributed by atoms with Crippen LogP contribution in [-0.2, 0) is 9.63 Å². The Bertz CT molecular complexity index is 906. The van der Waals surface area contributed by atoms with Crippen molar-refractivity contribution >= 4 is 34.8 Å². The summed E-state index contributed by atoms with van der Waals surface area (Å²) in [6.45, 7) is 0.766. The third kappa shape index (κ3) is 2.62. The summed E-state index contributed by atoms with van der Waals surface area (Å²) in [6.07, 6.45) is 3.07. The van der Waals surface area contributed by atoms with Crippen LogP contribution in [0, 0.1) is 5.92 Å². The Kier molecular flexibility index (Phi) is 3.64. The fraction of sp³-hybridized carbons (Fsp3) is 0.375. The number of carbonyl (C=O) groups is 2. The summed E-state index contributed by atoms with van der Waals surface area (Å²) in [6, 6.07) is 3.48. The molecule has 0 spiro atoms. The Morgan fingerprint density at radius 1 is 1.28 bits per heavy atom. The van der Waals surface area contributed by atoms with E-state index < -0.39 is 0 Å². The highest BCUT2D eigenvalue weighted by Crippen LogP contribution is 2.28. The Hall–Kier alpha value is -2.61. The van der Waals surface area contributed by atoms with Crippen LogP contribution in [0.4, 0.5) is 0 Å². The standard InChI is InChI=1S/C16H16ClN5O3/c1-20(2)16(24)14-10-6-22(8-12(10)25-19-14)15(23)11-7-21-5-9(17)3-4-13(21)18-11/h3-5,7,10,12H,6,8H2,1-2H3/t10-,12+/m0/s1. The highest BCUT2D eigenvalue weighted by molar-refractivity contribution is 6.40. The van der Waals surface area contributed by atoms with E-state index in [1.165, 1.54) is 4.90 Å². The predicted molar refractivity (Wildman–Crippen MR) is 90.6 cm³/mol. The second-order valence-electron chi connectivity index (χ2n) is 6.38. The molecule has 0 unspecified atom stereocenters. The summed E-state index contributed by atoms with van der Waals surface area (Å²) >= 11 is 5.96. The Morgan fingerprint density at radius 2 is 2.08 bits per heavy atom. The molecule has 2 aliphatic heterocycles. The van der Waals surface area contributed by atoms with Crippen molar-refractivity contribution in [2.75, 3.05) is 27.2 Å². The van der Waals surface area contributed by atoms with E-state index in [0.29, 0.717) is 35.2 Å². The van der Waals surface area contributed by atoms with Gasteiger partial charge >= 0.3 is 0 Å². The SMILES string of the molecule is CN(C)C(=O)C1=NO[C@@H]2CN(C(=O)c3cn4cc(Cl)ccc4n3)C[C@H]12. The largest absolute Gasteiger partial charge is 0.389 e. The molecule has 4 rings (SSSR count). The van der Waals surface area contributed by atoms with E-state index in [2.05, 4.69) is 10.1 Å². The van der Waals surface area contributed by atoms with Gasteiger partial charge in [0.25, 0.3) is 11.8 Å². The quantitative estimate of drug-likeness (QED) is 0.796. The maximum Gasteiger partial charge on any atom is 0.274 e. The van der Waals surface area contributed by atoms with Gasteiger partial charge in [0, 0.05) is 33.0 Å². The molecule has 130 valence electrons. The molecule has 0 aliphatic carbocycles. The monoisotopic (exact) mass is 361 g/mol. The number of nitrogens with zero attached hydrogens (tertiary/aromatic N) is 5. The van der Waals surface area contributed by atoms with Crippen LogP contribution < -0.4 is 0 Å². The van der Waals surface area contributed by atoms with Crippen LogP contribution in [-0.4, -0.2) is 70.0 Å². The summed E-state index contributed by atoms with van der Waals surface area (Å²) in [4.78, 5) is 37.7. The maximum atomic E-state index is 12.8. The van der Waals surface area contributed by atoms with Gasteiger partial charge in [-0.1, -0.05) is 16.8 Å². The number of halogens is 1.